The highest BCUT2D eigenvalue weighted by atomic mass is 16.6. The Morgan fingerprint density at radius 1 is 1.19 bits per heavy atom. The number of nitrogens with one attached hydrogen (secondary N) is 1. The molecule has 1 aliphatic carbocycles. The monoisotopic (exact) mass is 289 g/mol. The molecule has 3 nitrogen and oxygen atoms in total. The lowest BCUT2D eigenvalue weighted by Crippen LogP contribution is -2.56. The maximum atomic E-state index is 6.39. The molecule has 0 radical (unpaired) electrons. The van der Waals surface area contributed by atoms with E-state index in [2.05, 4.69) is 50.4 Å². The van der Waals surface area contributed by atoms with Gasteiger partial charge in [-0.1, -0.05) is 51.1 Å². The average Bonchev–Trinajstić information content (AvgIpc) is 2.87. The molecule has 1 heterocycles. The van der Waals surface area contributed by atoms with Gasteiger partial charge < -0.3 is 14.8 Å². The lowest BCUT2D eigenvalue weighted by Gasteiger charge is -2.41. The van der Waals surface area contributed by atoms with Crippen LogP contribution in [0.2, 0.25) is 0 Å². The minimum atomic E-state index is 0.171. The molecule has 0 aromatic heterocycles. The maximum Gasteiger partial charge on any atom is 0.0993 e. The standard InChI is InChI=1S/C18H27NO2/c1-18(2,3)16-11-19-14-9-10-15(17(14)21-16)20-12-13-7-5-4-6-8-13/h4-8,14-17,19H,9-12H2,1-3H3/t14-,15-,16?,17-/m0/s1. The van der Waals surface area contributed by atoms with Crippen LogP contribution < -0.4 is 5.32 Å². The highest BCUT2D eigenvalue weighted by Gasteiger charge is 2.44. The highest BCUT2D eigenvalue weighted by molar-refractivity contribution is 5.13. The van der Waals surface area contributed by atoms with Crippen molar-refractivity contribution in [3.05, 3.63) is 35.9 Å². The molecule has 1 saturated carbocycles. The summed E-state index contributed by atoms with van der Waals surface area (Å²) in [5.41, 5.74) is 1.40. The fraction of sp³-hybridized carbons (Fsp3) is 0.667. The van der Waals surface area contributed by atoms with Gasteiger partial charge in [0.15, 0.2) is 0 Å². The molecule has 1 saturated heterocycles. The molecule has 0 amide bonds. The Morgan fingerprint density at radius 2 is 1.95 bits per heavy atom. The van der Waals surface area contributed by atoms with E-state index in [9.17, 15) is 0 Å². The molecule has 1 aromatic carbocycles. The molecule has 21 heavy (non-hydrogen) atoms. The van der Waals surface area contributed by atoms with Crippen molar-refractivity contribution in [2.45, 2.75) is 64.6 Å². The van der Waals surface area contributed by atoms with E-state index < -0.39 is 0 Å². The minimum absolute atomic E-state index is 0.171. The van der Waals surface area contributed by atoms with E-state index in [1.54, 1.807) is 0 Å². The first kappa shape index (κ1) is 15.0. The molecule has 0 spiro atoms. The quantitative estimate of drug-likeness (QED) is 0.927. The van der Waals surface area contributed by atoms with E-state index >= 15 is 0 Å². The van der Waals surface area contributed by atoms with Crippen molar-refractivity contribution in [1.82, 2.24) is 5.32 Å². The SMILES string of the molecule is CC(C)(C)C1CN[C@H]2CC[C@H](OCc3ccccc3)[C@H]2O1. The molecule has 2 fully saturated rings. The summed E-state index contributed by atoms with van der Waals surface area (Å²) >= 11 is 0. The van der Waals surface area contributed by atoms with Crippen LogP contribution >= 0.6 is 0 Å². The fourth-order valence-electron chi connectivity index (χ4n) is 3.29. The van der Waals surface area contributed by atoms with Crippen LogP contribution in [0.4, 0.5) is 0 Å². The minimum Gasteiger partial charge on any atom is -0.371 e. The first-order valence-corrected chi connectivity index (χ1v) is 8.08. The zero-order valence-electron chi connectivity index (χ0n) is 13.3. The Bertz CT molecular complexity index is 454. The van der Waals surface area contributed by atoms with Gasteiger partial charge in [-0.05, 0) is 23.8 Å². The number of ether oxygens (including phenoxy) is 2. The zero-order chi connectivity index (χ0) is 14.9. The molecule has 116 valence electrons. The molecule has 2 aliphatic rings. The van der Waals surface area contributed by atoms with Crippen molar-refractivity contribution in [2.75, 3.05) is 6.54 Å². The Morgan fingerprint density at radius 3 is 2.67 bits per heavy atom. The van der Waals surface area contributed by atoms with Gasteiger partial charge in [0, 0.05) is 12.6 Å². The number of hydrogen-bond donors (Lipinski definition) is 1. The van der Waals surface area contributed by atoms with Crippen molar-refractivity contribution in [3.8, 4) is 0 Å². The number of rotatable bonds is 3. The van der Waals surface area contributed by atoms with Crippen LogP contribution in [0.15, 0.2) is 30.3 Å². The Kier molecular flexibility index (Phi) is 4.34. The van der Waals surface area contributed by atoms with E-state index in [1.807, 2.05) is 6.07 Å². The summed E-state index contributed by atoms with van der Waals surface area (Å²) < 4.78 is 12.5. The predicted molar refractivity (Wildman–Crippen MR) is 84.2 cm³/mol. The summed E-state index contributed by atoms with van der Waals surface area (Å²) in [7, 11) is 0. The van der Waals surface area contributed by atoms with E-state index in [0.717, 1.165) is 19.4 Å². The second kappa shape index (κ2) is 6.07. The molecule has 4 atom stereocenters. The summed E-state index contributed by atoms with van der Waals surface area (Å²) in [6.45, 7) is 8.37. The van der Waals surface area contributed by atoms with Crippen LogP contribution in [0, 0.1) is 5.41 Å². The maximum absolute atomic E-state index is 6.39. The van der Waals surface area contributed by atoms with E-state index in [1.165, 1.54) is 5.56 Å². The molecular weight excluding hydrogens is 262 g/mol. The van der Waals surface area contributed by atoms with Gasteiger partial charge in [-0.3, -0.25) is 0 Å². The Labute approximate surface area is 128 Å². The van der Waals surface area contributed by atoms with Crippen LogP contribution in [0.25, 0.3) is 0 Å². The Hall–Kier alpha value is -0.900. The summed E-state index contributed by atoms with van der Waals surface area (Å²) in [5.74, 6) is 0. The first-order chi connectivity index (χ1) is 10.0. The van der Waals surface area contributed by atoms with Gasteiger partial charge in [0.05, 0.1) is 24.9 Å². The van der Waals surface area contributed by atoms with Crippen molar-refractivity contribution in [2.24, 2.45) is 5.41 Å². The second-order valence-electron chi connectivity index (χ2n) is 7.38. The molecule has 1 N–H and O–H groups in total. The molecule has 1 aromatic rings. The predicted octanol–water partition coefficient (Wildman–Crippen LogP) is 3.14. The lowest BCUT2D eigenvalue weighted by molar-refractivity contribution is -0.145. The number of hydrogen-bond acceptors (Lipinski definition) is 3. The van der Waals surface area contributed by atoms with Gasteiger partial charge in [-0.25, -0.2) is 0 Å². The van der Waals surface area contributed by atoms with Crippen molar-refractivity contribution < 1.29 is 9.47 Å². The lowest BCUT2D eigenvalue weighted by atomic mass is 9.87. The highest BCUT2D eigenvalue weighted by Crippen LogP contribution is 2.34. The second-order valence-corrected chi connectivity index (χ2v) is 7.38. The van der Waals surface area contributed by atoms with Gasteiger partial charge in [0.1, 0.15) is 0 Å². The third-order valence-corrected chi connectivity index (χ3v) is 4.68. The van der Waals surface area contributed by atoms with Crippen molar-refractivity contribution in [1.29, 1.82) is 0 Å². The molecular formula is C18H27NO2. The van der Waals surface area contributed by atoms with Gasteiger partial charge in [-0.2, -0.15) is 0 Å². The van der Waals surface area contributed by atoms with Crippen molar-refractivity contribution in [3.63, 3.8) is 0 Å². The van der Waals surface area contributed by atoms with Crippen LogP contribution in [0.5, 0.6) is 0 Å². The zero-order valence-corrected chi connectivity index (χ0v) is 13.3. The number of benzene rings is 1. The number of fused-ring (bicyclic) bond motifs is 1. The summed E-state index contributed by atoms with van der Waals surface area (Å²) in [5, 5.41) is 3.66. The van der Waals surface area contributed by atoms with Gasteiger partial charge >= 0.3 is 0 Å². The van der Waals surface area contributed by atoms with Crippen LogP contribution in [-0.2, 0) is 16.1 Å². The van der Waals surface area contributed by atoms with E-state index in [0.29, 0.717) is 12.6 Å². The first-order valence-electron chi connectivity index (χ1n) is 8.08. The topological polar surface area (TPSA) is 30.5 Å². The smallest absolute Gasteiger partial charge is 0.0993 e. The average molecular weight is 289 g/mol. The third-order valence-electron chi connectivity index (χ3n) is 4.68. The van der Waals surface area contributed by atoms with E-state index in [-0.39, 0.29) is 23.7 Å². The summed E-state index contributed by atoms with van der Waals surface area (Å²) in [4.78, 5) is 0. The van der Waals surface area contributed by atoms with Gasteiger partial charge in [0.25, 0.3) is 0 Å². The molecule has 3 heteroatoms. The van der Waals surface area contributed by atoms with Crippen LogP contribution in [0.1, 0.15) is 39.2 Å². The fourth-order valence-corrected chi connectivity index (χ4v) is 3.29. The van der Waals surface area contributed by atoms with Crippen molar-refractivity contribution >= 4 is 0 Å². The van der Waals surface area contributed by atoms with Gasteiger partial charge in [-0.15, -0.1) is 0 Å². The van der Waals surface area contributed by atoms with Gasteiger partial charge in [0.2, 0.25) is 0 Å². The molecule has 1 aliphatic heterocycles. The molecule has 0 bridgehead atoms. The molecule has 1 unspecified atom stereocenters. The Balaban J connectivity index is 1.59. The third kappa shape index (κ3) is 3.47. The summed E-state index contributed by atoms with van der Waals surface area (Å²) in [6, 6.07) is 10.9. The van der Waals surface area contributed by atoms with Crippen LogP contribution in [0.3, 0.4) is 0 Å². The summed E-state index contributed by atoms with van der Waals surface area (Å²) in [6.07, 6.45) is 2.92. The van der Waals surface area contributed by atoms with E-state index in [4.69, 9.17) is 9.47 Å². The molecule has 3 rings (SSSR count). The normalized spacial score (nSPS) is 32.9. The largest absolute Gasteiger partial charge is 0.371 e. The van der Waals surface area contributed by atoms with Crippen LogP contribution in [-0.4, -0.2) is 30.9 Å². The number of morpholine rings is 1.